The Balaban J connectivity index is 2.46. The summed E-state index contributed by atoms with van der Waals surface area (Å²) in [5, 5.41) is 4.30. The Morgan fingerprint density at radius 1 is 1.16 bits per heavy atom. The molecule has 2 rings (SSSR count). The molecule has 0 saturated heterocycles. The van der Waals surface area contributed by atoms with Gasteiger partial charge in [0, 0.05) is 23.5 Å². The Kier molecular flexibility index (Phi) is 3.55. The highest BCUT2D eigenvalue weighted by Crippen LogP contribution is 2.26. The molecule has 102 valence electrons. The van der Waals surface area contributed by atoms with E-state index in [1.54, 1.807) is 6.20 Å². The number of aromatic nitrogens is 4. The first-order chi connectivity index (χ1) is 8.90. The van der Waals surface area contributed by atoms with E-state index in [0.29, 0.717) is 23.6 Å². The molecule has 0 unspecified atom stereocenters. The largest absolute Gasteiger partial charge is 0.383 e. The van der Waals surface area contributed by atoms with E-state index >= 15 is 0 Å². The van der Waals surface area contributed by atoms with E-state index in [0.717, 1.165) is 16.8 Å². The monoisotopic (exact) mass is 259 g/mol. The third kappa shape index (κ3) is 2.59. The normalized spacial score (nSPS) is 11.5. The van der Waals surface area contributed by atoms with E-state index in [1.807, 2.05) is 17.8 Å². The van der Waals surface area contributed by atoms with Crippen LogP contribution in [0.2, 0.25) is 0 Å². The predicted molar refractivity (Wildman–Crippen MR) is 76.9 cm³/mol. The van der Waals surface area contributed by atoms with Crippen LogP contribution in [0.5, 0.6) is 0 Å². The number of anilines is 1. The van der Waals surface area contributed by atoms with Crippen LogP contribution >= 0.6 is 0 Å². The van der Waals surface area contributed by atoms with Gasteiger partial charge in [-0.2, -0.15) is 5.10 Å². The zero-order chi connectivity index (χ0) is 14.2. The lowest BCUT2D eigenvalue weighted by molar-refractivity contribution is 0.532. The summed E-state index contributed by atoms with van der Waals surface area (Å²) in [6.07, 6.45) is 3.73. The van der Waals surface area contributed by atoms with Gasteiger partial charge in [0.05, 0.1) is 11.8 Å². The number of hydrogen-bond donors (Lipinski definition) is 1. The lowest BCUT2D eigenvalue weighted by Gasteiger charge is -2.12. The number of rotatable bonds is 3. The van der Waals surface area contributed by atoms with Gasteiger partial charge in [-0.15, -0.1) is 0 Å². The fraction of sp³-hybridized carbons (Fsp3) is 0.500. The molecule has 2 N–H and O–H groups in total. The Morgan fingerprint density at radius 2 is 1.84 bits per heavy atom. The van der Waals surface area contributed by atoms with Crippen molar-refractivity contribution in [1.82, 2.24) is 19.7 Å². The van der Waals surface area contributed by atoms with Gasteiger partial charge in [-0.05, 0) is 26.7 Å². The van der Waals surface area contributed by atoms with Crippen molar-refractivity contribution < 1.29 is 0 Å². The summed E-state index contributed by atoms with van der Waals surface area (Å²) in [6.45, 7) is 10.3. The van der Waals surface area contributed by atoms with Gasteiger partial charge >= 0.3 is 0 Å². The second-order valence-electron chi connectivity index (χ2n) is 5.39. The van der Waals surface area contributed by atoms with Gasteiger partial charge in [0.15, 0.2) is 5.82 Å². The lowest BCUT2D eigenvalue weighted by atomic mass is 10.0. The zero-order valence-electron chi connectivity index (χ0n) is 12.2. The van der Waals surface area contributed by atoms with Crippen LogP contribution in [0.15, 0.2) is 12.4 Å². The van der Waals surface area contributed by atoms with Gasteiger partial charge in [-0.1, -0.05) is 13.8 Å². The van der Waals surface area contributed by atoms with Crippen LogP contribution in [0.3, 0.4) is 0 Å². The fourth-order valence-electron chi connectivity index (χ4n) is 2.18. The van der Waals surface area contributed by atoms with Crippen LogP contribution < -0.4 is 5.73 Å². The van der Waals surface area contributed by atoms with Gasteiger partial charge in [-0.3, -0.25) is 4.68 Å². The summed E-state index contributed by atoms with van der Waals surface area (Å²) < 4.78 is 1.89. The maximum atomic E-state index is 6.05. The van der Waals surface area contributed by atoms with Crippen LogP contribution in [-0.2, 0) is 0 Å². The molecule has 0 fully saturated rings. The Bertz CT molecular complexity index is 560. The first kappa shape index (κ1) is 13.5. The Labute approximate surface area is 113 Å². The Morgan fingerprint density at radius 3 is 2.32 bits per heavy atom. The van der Waals surface area contributed by atoms with Crippen molar-refractivity contribution in [2.45, 2.75) is 46.6 Å². The van der Waals surface area contributed by atoms with E-state index in [1.165, 1.54) is 0 Å². The van der Waals surface area contributed by atoms with Crippen LogP contribution in [0.4, 0.5) is 5.82 Å². The number of aryl methyl sites for hydroxylation is 1. The molecule has 2 aromatic rings. The number of nitrogen functional groups attached to an aromatic ring is 1. The van der Waals surface area contributed by atoms with E-state index in [-0.39, 0.29) is 0 Å². The second-order valence-corrected chi connectivity index (χ2v) is 5.39. The third-order valence-corrected chi connectivity index (χ3v) is 3.13. The molecular formula is C14H21N5. The van der Waals surface area contributed by atoms with Crippen molar-refractivity contribution in [1.29, 1.82) is 0 Å². The number of hydrogen-bond acceptors (Lipinski definition) is 4. The topological polar surface area (TPSA) is 69.6 Å². The molecule has 0 bridgehead atoms. The van der Waals surface area contributed by atoms with Crippen LogP contribution in [0.1, 0.15) is 50.9 Å². The molecule has 0 aromatic carbocycles. The predicted octanol–water partition coefficient (Wildman–Crippen LogP) is 2.94. The van der Waals surface area contributed by atoms with E-state index < -0.39 is 0 Å². The molecule has 19 heavy (non-hydrogen) atoms. The second kappa shape index (κ2) is 4.99. The van der Waals surface area contributed by atoms with Gasteiger partial charge in [-0.25, -0.2) is 9.97 Å². The molecule has 0 spiro atoms. The number of nitrogens with two attached hydrogens (primary N) is 1. The first-order valence-corrected chi connectivity index (χ1v) is 6.58. The van der Waals surface area contributed by atoms with E-state index in [9.17, 15) is 0 Å². The molecular weight excluding hydrogens is 238 g/mol. The summed E-state index contributed by atoms with van der Waals surface area (Å²) >= 11 is 0. The molecule has 0 atom stereocenters. The number of nitrogens with zero attached hydrogens (tertiary/aromatic N) is 4. The minimum absolute atomic E-state index is 0.321. The average molecular weight is 259 g/mol. The highest BCUT2D eigenvalue weighted by atomic mass is 15.3. The van der Waals surface area contributed by atoms with Crippen LogP contribution in [-0.4, -0.2) is 19.7 Å². The molecule has 0 radical (unpaired) electrons. The molecule has 0 aliphatic carbocycles. The SMILES string of the molecule is Cc1nc(-c2cnn(C(C)C)c2)nc(N)c1C(C)C. The van der Waals surface area contributed by atoms with Gasteiger partial charge < -0.3 is 5.73 Å². The molecule has 2 aromatic heterocycles. The summed E-state index contributed by atoms with van der Waals surface area (Å²) in [7, 11) is 0. The minimum atomic E-state index is 0.321. The smallest absolute Gasteiger partial charge is 0.164 e. The summed E-state index contributed by atoms with van der Waals surface area (Å²) in [4.78, 5) is 8.97. The molecule has 0 saturated carbocycles. The quantitative estimate of drug-likeness (QED) is 0.920. The molecule has 0 aliphatic rings. The maximum absolute atomic E-state index is 6.05. The van der Waals surface area contributed by atoms with Gasteiger partial charge in [0.2, 0.25) is 0 Å². The van der Waals surface area contributed by atoms with Crippen molar-refractivity contribution in [3.8, 4) is 11.4 Å². The molecule has 0 amide bonds. The lowest BCUT2D eigenvalue weighted by Crippen LogP contribution is -2.06. The highest BCUT2D eigenvalue weighted by Gasteiger charge is 2.14. The summed E-state index contributed by atoms with van der Waals surface area (Å²) in [5.41, 5.74) is 8.92. The molecule has 5 nitrogen and oxygen atoms in total. The van der Waals surface area contributed by atoms with E-state index in [2.05, 4.69) is 42.8 Å². The standard InChI is InChI=1S/C14H21N5/c1-8(2)12-10(5)17-14(18-13(12)15)11-6-16-19(7-11)9(3)4/h6-9H,1-5H3,(H2,15,17,18). The minimum Gasteiger partial charge on any atom is -0.383 e. The van der Waals surface area contributed by atoms with Crippen molar-refractivity contribution in [3.63, 3.8) is 0 Å². The molecule has 5 heteroatoms. The maximum Gasteiger partial charge on any atom is 0.164 e. The van der Waals surface area contributed by atoms with Crippen molar-refractivity contribution in [2.75, 3.05) is 5.73 Å². The Hall–Kier alpha value is -1.91. The van der Waals surface area contributed by atoms with Crippen LogP contribution in [0, 0.1) is 6.92 Å². The average Bonchev–Trinajstić information content (AvgIpc) is 2.76. The summed E-state index contributed by atoms with van der Waals surface area (Å²) in [5.74, 6) is 1.54. The molecule has 0 aliphatic heterocycles. The van der Waals surface area contributed by atoms with Gasteiger partial charge in [0.25, 0.3) is 0 Å². The van der Waals surface area contributed by atoms with E-state index in [4.69, 9.17) is 5.73 Å². The summed E-state index contributed by atoms with van der Waals surface area (Å²) in [6, 6.07) is 0.321. The third-order valence-electron chi connectivity index (χ3n) is 3.13. The van der Waals surface area contributed by atoms with Gasteiger partial charge in [0.1, 0.15) is 5.82 Å². The fourth-order valence-corrected chi connectivity index (χ4v) is 2.18. The van der Waals surface area contributed by atoms with Crippen LogP contribution in [0.25, 0.3) is 11.4 Å². The highest BCUT2D eigenvalue weighted by molar-refractivity contribution is 5.57. The molecule has 2 heterocycles. The van der Waals surface area contributed by atoms with Crippen molar-refractivity contribution in [2.24, 2.45) is 0 Å². The van der Waals surface area contributed by atoms with Crippen molar-refractivity contribution >= 4 is 5.82 Å². The van der Waals surface area contributed by atoms with Crippen molar-refractivity contribution in [3.05, 3.63) is 23.7 Å². The zero-order valence-corrected chi connectivity index (χ0v) is 12.2. The first-order valence-electron chi connectivity index (χ1n) is 6.58.